The van der Waals surface area contributed by atoms with Gasteiger partial charge in [-0.25, -0.2) is 0 Å². The molecule has 3 N–H and O–H groups in total. The maximum atomic E-state index is 14.4. The summed E-state index contributed by atoms with van der Waals surface area (Å²) in [6, 6.07) is 0.150. The summed E-state index contributed by atoms with van der Waals surface area (Å²) in [4.78, 5) is 29.5. The van der Waals surface area contributed by atoms with Gasteiger partial charge in [0.1, 0.15) is 5.78 Å². The average molecular weight is 517 g/mol. The van der Waals surface area contributed by atoms with Crippen LogP contribution in [0.3, 0.4) is 0 Å². The van der Waals surface area contributed by atoms with Gasteiger partial charge in [0, 0.05) is 41.2 Å². The van der Waals surface area contributed by atoms with E-state index in [1.165, 1.54) is 0 Å². The molecule has 2 spiro atoms. The average Bonchev–Trinajstić information content (AvgIpc) is 3.48. The molecular weight excluding hydrogens is 464 g/mol. The fourth-order valence-corrected chi connectivity index (χ4v) is 11.2. The molecule has 6 heteroatoms. The van der Waals surface area contributed by atoms with Gasteiger partial charge in [-0.15, -0.1) is 0 Å². The van der Waals surface area contributed by atoms with Crippen molar-refractivity contribution in [1.29, 1.82) is 0 Å². The maximum Gasteiger partial charge on any atom is 0.223 e. The standard InChI is InChI=1S/C31H52N2O4/c1-9-18(2)26(37)32-23-12-13-30-16-31(30)22(11-10-21(30)27(23,4)17-34)28(5)14-20(35)25(19(3)33(7)8)29(28,6)15-24(31)36/h18-23,25,34-35H,9-17H2,1-8H3,(H,32,37)/t18?,19-,20+,21-,22-,23-,25-,27-,28-,29+,30?,31-/m0/s1. The number of nitrogens with one attached hydrogen (secondary N) is 1. The van der Waals surface area contributed by atoms with Gasteiger partial charge < -0.3 is 20.4 Å². The van der Waals surface area contributed by atoms with Crippen LogP contribution in [-0.4, -0.2) is 65.7 Å². The Labute approximate surface area is 224 Å². The molecule has 5 saturated carbocycles. The summed E-state index contributed by atoms with van der Waals surface area (Å²) in [7, 11) is 4.16. The van der Waals surface area contributed by atoms with Gasteiger partial charge in [-0.05, 0) is 94.0 Å². The second kappa shape index (κ2) is 8.51. The molecule has 0 radical (unpaired) electrons. The number of nitrogens with zero attached hydrogens (tertiary/aromatic N) is 1. The highest BCUT2D eigenvalue weighted by molar-refractivity contribution is 5.92. The van der Waals surface area contributed by atoms with Crippen LogP contribution in [0, 0.1) is 50.7 Å². The molecule has 0 bridgehead atoms. The van der Waals surface area contributed by atoms with E-state index in [0.717, 1.165) is 44.9 Å². The van der Waals surface area contributed by atoms with Crippen molar-refractivity contribution in [3.8, 4) is 0 Å². The largest absolute Gasteiger partial charge is 0.396 e. The molecule has 210 valence electrons. The second-order valence-corrected chi connectivity index (χ2v) is 15.0. The molecule has 1 amide bonds. The van der Waals surface area contributed by atoms with Crippen LogP contribution < -0.4 is 5.32 Å². The quantitative estimate of drug-likeness (QED) is 0.496. The second-order valence-electron chi connectivity index (χ2n) is 15.0. The highest BCUT2D eigenvalue weighted by Crippen LogP contribution is 2.87. The van der Waals surface area contributed by atoms with Crippen molar-refractivity contribution >= 4 is 11.7 Å². The lowest BCUT2D eigenvalue weighted by Gasteiger charge is -2.63. The van der Waals surface area contributed by atoms with E-state index in [9.17, 15) is 19.8 Å². The van der Waals surface area contributed by atoms with Gasteiger partial charge in [-0.1, -0.05) is 34.6 Å². The summed E-state index contributed by atoms with van der Waals surface area (Å²) in [5.41, 5.74) is -1.11. The van der Waals surface area contributed by atoms with E-state index in [1.54, 1.807) is 0 Å². The van der Waals surface area contributed by atoms with Crippen LogP contribution in [0.5, 0.6) is 0 Å². The van der Waals surface area contributed by atoms with Crippen LogP contribution in [-0.2, 0) is 9.59 Å². The van der Waals surface area contributed by atoms with Crippen LogP contribution in [0.1, 0.15) is 92.9 Å². The van der Waals surface area contributed by atoms with Gasteiger partial charge >= 0.3 is 0 Å². The van der Waals surface area contributed by atoms with Crippen molar-refractivity contribution in [2.75, 3.05) is 20.7 Å². The minimum atomic E-state index is -0.422. The molecule has 5 rings (SSSR count). The van der Waals surface area contributed by atoms with Crippen LogP contribution in [0.15, 0.2) is 0 Å². The zero-order chi connectivity index (χ0) is 27.3. The van der Waals surface area contributed by atoms with Gasteiger partial charge in [0.25, 0.3) is 0 Å². The first kappa shape index (κ1) is 27.6. The molecule has 5 fully saturated rings. The van der Waals surface area contributed by atoms with E-state index in [-0.39, 0.29) is 69.9 Å². The lowest BCUT2D eigenvalue weighted by Crippen LogP contribution is -2.64. The predicted molar refractivity (Wildman–Crippen MR) is 145 cm³/mol. The first-order chi connectivity index (χ1) is 17.2. The Kier molecular flexibility index (Phi) is 6.34. The van der Waals surface area contributed by atoms with Gasteiger partial charge in [0.15, 0.2) is 0 Å². The smallest absolute Gasteiger partial charge is 0.223 e. The van der Waals surface area contributed by atoms with Gasteiger partial charge in [-0.3, -0.25) is 9.59 Å². The zero-order valence-electron chi connectivity index (χ0n) is 24.6. The summed E-state index contributed by atoms with van der Waals surface area (Å²) in [5, 5.41) is 25.6. The summed E-state index contributed by atoms with van der Waals surface area (Å²) >= 11 is 0. The number of carbonyl (C=O) groups is 2. The molecule has 2 unspecified atom stereocenters. The Morgan fingerprint density at radius 1 is 1.11 bits per heavy atom. The van der Waals surface area contributed by atoms with Crippen molar-refractivity contribution in [2.24, 2.45) is 50.7 Å². The summed E-state index contributed by atoms with van der Waals surface area (Å²) in [6.07, 6.45) is 6.42. The number of aliphatic hydroxyl groups is 2. The van der Waals surface area contributed by atoms with Crippen LogP contribution in [0.25, 0.3) is 0 Å². The first-order valence-corrected chi connectivity index (χ1v) is 15.0. The minimum absolute atomic E-state index is 0.0364. The fourth-order valence-electron chi connectivity index (χ4n) is 11.2. The third-order valence-corrected chi connectivity index (χ3v) is 13.8. The molecule has 0 aliphatic heterocycles. The molecule has 0 saturated heterocycles. The Balaban J connectivity index is 1.49. The molecule has 5 aliphatic carbocycles. The van der Waals surface area contributed by atoms with Crippen molar-refractivity contribution in [3.05, 3.63) is 0 Å². The summed E-state index contributed by atoms with van der Waals surface area (Å²) in [5.74, 6) is 1.07. The summed E-state index contributed by atoms with van der Waals surface area (Å²) in [6.45, 7) is 13.1. The lowest BCUT2D eigenvalue weighted by atomic mass is 9.41. The lowest BCUT2D eigenvalue weighted by molar-refractivity contribution is -0.173. The van der Waals surface area contributed by atoms with E-state index in [4.69, 9.17) is 0 Å². The Morgan fingerprint density at radius 3 is 2.35 bits per heavy atom. The number of Topliss-reactive ketones (excluding diaryl/α,β-unsaturated/α-hetero) is 1. The number of fused-ring (bicyclic) bond motifs is 2. The van der Waals surface area contributed by atoms with Crippen molar-refractivity contribution in [1.82, 2.24) is 10.2 Å². The van der Waals surface area contributed by atoms with E-state index < -0.39 is 11.5 Å². The molecule has 37 heavy (non-hydrogen) atoms. The van der Waals surface area contributed by atoms with Gasteiger partial charge in [0.05, 0.1) is 12.7 Å². The Bertz CT molecular complexity index is 969. The number of ketones is 1. The van der Waals surface area contributed by atoms with E-state index in [1.807, 2.05) is 13.8 Å². The normalized spacial score (nSPS) is 52.0. The number of carbonyl (C=O) groups excluding carboxylic acids is 2. The topological polar surface area (TPSA) is 89.9 Å². The van der Waals surface area contributed by atoms with Crippen molar-refractivity contribution < 1.29 is 19.8 Å². The molecule has 0 aromatic rings. The molecule has 0 heterocycles. The SMILES string of the molecule is CCC(C)C(=O)N[C@H]1CCC23C[C@]24C(=O)C[C@]2(C)[C@@H]([C@H](C)N(C)C)[C@H](O)C[C@@]2(C)[C@@H]4CC[C@H]3[C@]1(C)CO. The molecule has 12 atom stereocenters. The number of aliphatic hydroxyl groups excluding tert-OH is 2. The third kappa shape index (κ3) is 3.21. The third-order valence-electron chi connectivity index (χ3n) is 13.8. The van der Waals surface area contributed by atoms with Crippen molar-refractivity contribution in [2.45, 2.75) is 111 Å². The van der Waals surface area contributed by atoms with Crippen LogP contribution >= 0.6 is 0 Å². The van der Waals surface area contributed by atoms with E-state index in [2.05, 4.69) is 52.0 Å². The summed E-state index contributed by atoms with van der Waals surface area (Å²) < 4.78 is 0. The molecule has 5 aliphatic rings. The number of hydrogen-bond donors (Lipinski definition) is 3. The van der Waals surface area contributed by atoms with Crippen LogP contribution in [0.2, 0.25) is 0 Å². The molecular formula is C31H52N2O4. The van der Waals surface area contributed by atoms with Gasteiger partial charge in [-0.2, -0.15) is 0 Å². The zero-order valence-corrected chi connectivity index (χ0v) is 24.6. The fraction of sp³-hybridized carbons (Fsp3) is 0.935. The van der Waals surface area contributed by atoms with Gasteiger partial charge in [0.2, 0.25) is 5.91 Å². The molecule has 0 aromatic carbocycles. The van der Waals surface area contributed by atoms with Crippen molar-refractivity contribution in [3.63, 3.8) is 0 Å². The molecule has 0 aromatic heterocycles. The maximum absolute atomic E-state index is 14.4. The first-order valence-electron chi connectivity index (χ1n) is 15.0. The van der Waals surface area contributed by atoms with E-state index in [0.29, 0.717) is 12.2 Å². The predicted octanol–water partition coefficient (Wildman–Crippen LogP) is 4.03. The van der Waals surface area contributed by atoms with E-state index >= 15 is 0 Å². The monoisotopic (exact) mass is 516 g/mol. The minimum Gasteiger partial charge on any atom is -0.396 e. The Morgan fingerprint density at radius 2 is 1.76 bits per heavy atom. The number of hydrogen-bond acceptors (Lipinski definition) is 5. The number of rotatable bonds is 6. The Hall–Kier alpha value is -0.980. The van der Waals surface area contributed by atoms with Crippen LogP contribution in [0.4, 0.5) is 0 Å². The highest BCUT2D eigenvalue weighted by Gasteiger charge is 2.86. The molecule has 6 nitrogen and oxygen atoms in total. The highest BCUT2D eigenvalue weighted by atomic mass is 16.3. The number of amides is 1.